The number of aromatic carboxylic acids is 1. The Labute approximate surface area is 98.4 Å². The highest BCUT2D eigenvalue weighted by Gasteiger charge is 2.48. The number of carboxylic acid groups (broad SMARTS) is 1. The Hall–Kier alpha value is -1.97. The molecule has 0 radical (unpaired) electrons. The lowest BCUT2D eigenvalue weighted by molar-refractivity contribution is -0.0500. The highest BCUT2D eigenvalue weighted by atomic mass is 32.2. The van der Waals surface area contributed by atoms with Crippen molar-refractivity contribution in [2.75, 3.05) is 0 Å². The minimum atomic E-state index is -5.91. The van der Waals surface area contributed by atoms with Gasteiger partial charge in [0.2, 0.25) is 0 Å². The van der Waals surface area contributed by atoms with E-state index < -0.39 is 38.7 Å². The Morgan fingerprint density at radius 2 is 1.78 bits per heavy atom. The van der Waals surface area contributed by atoms with Gasteiger partial charge in [-0.25, -0.2) is 4.79 Å². The first-order valence-corrected chi connectivity index (χ1v) is 5.52. The first kappa shape index (κ1) is 14.1. The van der Waals surface area contributed by atoms with E-state index in [1.165, 1.54) is 0 Å². The van der Waals surface area contributed by atoms with Crippen LogP contribution in [0.3, 0.4) is 0 Å². The zero-order valence-electron chi connectivity index (χ0n) is 8.30. The third-order valence-corrected chi connectivity index (χ3v) is 2.61. The van der Waals surface area contributed by atoms with Crippen LogP contribution in [0.25, 0.3) is 0 Å². The van der Waals surface area contributed by atoms with Crippen LogP contribution in [0.2, 0.25) is 0 Å². The maximum absolute atomic E-state index is 12.0. The summed E-state index contributed by atoms with van der Waals surface area (Å²) >= 11 is 0. The lowest BCUT2D eigenvalue weighted by Crippen LogP contribution is -2.28. The monoisotopic (exact) mass is 286 g/mol. The Morgan fingerprint density at radius 3 is 2.22 bits per heavy atom. The number of carbonyl (C=O) groups is 1. The third-order valence-electron chi connectivity index (χ3n) is 1.63. The highest BCUT2D eigenvalue weighted by Crippen LogP contribution is 2.29. The molecule has 0 saturated heterocycles. The van der Waals surface area contributed by atoms with Crippen LogP contribution in [-0.2, 0) is 10.1 Å². The molecule has 0 spiro atoms. The second-order valence-corrected chi connectivity index (χ2v) is 4.54. The molecule has 0 aliphatic rings. The number of alkyl halides is 3. The molecular weight excluding hydrogens is 281 g/mol. The van der Waals surface area contributed by atoms with Crippen molar-refractivity contribution in [3.05, 3.63) is 23.8 Å². The minimum Gasteiger partial charge on any atom is -0.508 e. The Kier molecular flexibility index (Phi) is 3.42. The smallest absolute Gasteiger partial charge is 0.508 e. The standard InChI is InChI=1S/C8H5F3O6S/c9-8(10,11)18(15,16)17-6-2-4(7(13)14)1-5(12)3-6/h1-3,12H,(H,13,14). The van der Waals surface area contributed by atoms with E-state index in [1.807, 2.05) is 0 Å². The topological polar surface area (TPSA) is 101 Å². The van der Waals surface area contributed by atoms with Crippen molar-refractivity contribution < 1.29 is 40.8 Å². The van der Waals surface area contributed by atoms with E-state index >= 15 is 0 Å². The summed E-state index contributed by atoms with van der Waals surface area (Å²) in [6, 6.07) is 1.79. The van der Waals surface area contributed by atoms with Crippen LogP contribution in [0, 0.1) is 0 Å². The number of phenolic OH excluding ortho intramolecular Hbond substituents is 1. The van der Waals surface area contributed by atoms with Gasteiger partial charge in [-0.15, -0.1) is 0 Å². The van der Waals surface area contributed by atoms with Crippen LogP contribution in [0.15, 0.2) is 18.2 Å². The lowest BCUT2D eigenvalue weighted by atomic mass is 10.2. The molecule has 1 rings (SSSR count). The molecule has 10 heteroatoms. The predicted octanol–water partition coefficient (Wildman–Crippen LogP) is 1.32. The lowest BCUT2D eigenvalue weighted by Gasteiger charge is -2.10. The molecule has 0 fully saturated rings. The van der Waals surface area contributed by atoms with Crippen LogP contribution in [-0.4, -0.2) is 30.1 Å². The van der Waals surface area contributed by atoms with Crippen molar-refractivity contribution >= 4 is 16.1 Å². The van der Waals surface area contributed by atoms with Gasteiger partial charge in [0, 0.05) is 6.07 Å². The minimum absolute atomic E-state index is 0.533. The molecule has 100 valence electrons. The predicted molar refractivity (Wildman–Crippen MR) is 50.7 cm³/mol. The SMILES string of the molecule is O=C(O)c1cc(O)cc(OS(=O)(=O)C(F)(F)F)c1. The molecule has 2 N–H and O–H groups in total. The molecule has 0 bridgehead atoms. The Bertz CT molecular complexity index is 577. The number of halogens is 3. The van der Waals surface area contributed by atoms with Gasteiger partial charge in [-0.2, -0.15) is 21.6 Å². The number of hydrogen-bond acceptors (Lipinski definition) is 5. The summed E-state index contributed by atoms with van der Waals surface area (Å²) in [6.07, 6.45) is 0. The van der Waals surface area contributed by atoms with Crippen molar-refractivity contribution in [2.45, 2.75) is 5.51 Å². The van der Waals surface area contributed by atoms with Crippen LogP contribution >= 0.6 is 0 Å². The summed E-state index contributed by atoms with van der Waals surface area (Å²) in [5, 5.41) is 17.6. The molecule has 0 aliphatic carbocycles. The molecule has 1 aromatic rings. The van der Waals surface area contributed by atoms with Gasteiger partial charge in [0.25, 0.3) is 0 Å². The molecule has 0 aromatic heterocycles. The zero-order chi connectivity index (χ0) is 14.1. The van der Waals surface area contributed by atoms with E-state index in [4.69, 9.17) is 10.2 Å². The van der Waals surface area contributed by atoms with Crippen LogP contribution < -0.4 is 4.18 Å². The van der Waals surface area contributed by atoms with Crippen molar-refractivity contribution in [1.29, 1.82) is 0 Å². The summed E-state index contributed by atoms with van der Waals surface area (Å²) in [4.78, 5) is 10.5. The number of benzene rings is 1. The fourth-order valence-electron chi connectivity index (χ4n) is 0.929. The van der Waals surface area contributed by atoms with Crippen LogP contribution in [0.5, 0.6) is 11.5 Å². The number of aromatic hydroxyl groups is 1. The van der Waals surface area contributed by atoms with Crippen molar-refractivity contribution in [2.24, 2.45) is 0 Å². The third kappa shape index (κ3) is 3.03. The molecule has 18 heavy (non-hydrogen) atoms. The molecule has 0 atom stereocenters. The number of carboxylic acids is 1. The van der Waals surface area contributed by atoms with Gasteiger partial charge in [0.1, 0.15) is 11.5 Å². The second kappa shape index (κ2) is 4.37. The summed E-state index contributed by atoms with van der Waals surface area (Å²) in [5.41, 5.74) is -6.27. The molecule has 0 heterocycles. The first-order chi connectivity index (χ1) is 8.03. The summed E-state index contributed by atoms with van der Waals surface area (Å²) < 4.78 is 60.9. The molecule has 0 unspecified atom stereocenters. The maximum Gasteiger partial charge on any atom is 0.534 e. The first-order valence-electron chi connectivity index (χ1n) is 4.11. The van der Waals surface area contributed by atoms with Gasteiger partial charge in [-0.1, -0.05) is 0 Å². The van der Waals surface area contributed by atoms with Gasteiger partial charge in [0.15, 0.2) is 0 Å². The van der Waals surface area contributed by atoms with Gasteiger partial charge in [0.05, 0.1) is 5.56 Å². The zero-order valence-corrected chi connectivity index (χ0v) is 9.12. The van der Waals surface area contributed by atoms with Gasteiger partial charge in [-0.3, -0.25) is 0 Å². The van der Waals surface area contributed by atoms with E-state index in [-0.39, 0.29) is 0 Å². The van der Waals surface area contributed by atoms with Crippen molar-refractivity contribution in [3.8, 4) is 11.5 Å². The normalized spacial score (nSPS) is 12.2. The number of phenols is 1. The molecule has 1 aromatic carbocycles. The van der Waals surface area contributed by atoms with E-state index in [9.17, 15) is 26.4 Å². The van der Waals surface area contributed by atoms with Crippen LogP contribution in [0.1, 0.15) is 10.4 Å². The molecule has 0 saturated carbocycles. The van der Waals surface area contributed by atoms with Crippen molar-refractivity contribution in [1.82, 2.24) is 0 Å². The van der Waals surface area contributed by atoms with Gasteiger partial charge >= 0.3 is 21.6 Å². The van der Waals surface area contributed by atoms with Crippen molar-refractivity contribution in [3.63, 3.8) is 0 Å². The summed E-state index contributed by atoms with van der Waals surface area (Å²) in [6.45, 7) is 0. The molecular formula is C8H5F3O6S. The second-order valence-electron chi connectivity index (χ2n) is 3.00. The average molecular weight is 286 g/mol. The number of rotatable bonds is 3. The fraction of sp³-hybridized carbons (Fsp3) is 0.125. The Balaban J connectivity index is 3.17. The maximum atomic E-state index is 12.0. The molecule has 6 nitrogen and oxygen atoms in total. The summed E-state index contributed by atoms with van der Waals surface area (Å²) in [7, 11) is -5.91. The average Bonchev–Trinajstić information content (AvgIpc) is 2.13. The highest BCUT2D eigenvalue weighted by molar-refractivity contribution is 7.88. The van der Waals surface area contributed by atoms with E-state index in [1.54, 1.807) is 0 Å². The van der Waals surface area contributed by atoms with Crippen LogP contribution in [0.4, 0.5) is 13.2 Å². The van der Waals surface area contributed by atoms with E-state index in [0.717, 1.165) is 6.07 Å². The fourth-order valence-corrected chi connectivity index (χ4v) is 1.37. The largest absolute Gasteiger partial charge is 0.534 e. The quantitative estimate of drug-likeness (QED) is 0.642. The number of hydrogen-bond donors (Lipinski definition) is 2. The van der Waals surface area contributed by atoms with E-state index in [2.05, 4.69) is 4.18 Å². The Morgan fingerprint density at radius 1 is 1.22 bits per heavy atom. The van der Waals surface area contributed by atoms with Gasteiger partial charge < -0.3 is 14.4 Å². The molecule has 0 aliphatic heterocycles. The summed E-state index contributed by atoms with van der Waals surface area (Å²) in [5.74, 6) is -3.27. The van der Waals surface area contributed by atoms with E-state index in [0.29, 0.717) is 12.1 Å². The molecule has 0 amide bonds. The van der Waals surface area contributed by atoms with Gasteiger partial charge in [-0.05, 0) is 12.1 Å².